The number of hydrazine groups is 1. The van der Waals surface area contributed by atoms with Gasteiger partial charge in [0.15, 0.2) is 0 Å². The molecule has 0 aromatic heterocycles. The van der Waals surface area contributed by atoms with E-state index < -0.39 is 0 Å². The first-order chi connectivity index (χ1) is 13.6. The minimum atomic E-state index is 0.209. The maximum atomic E-state index is 3.77. The molecule has 1 heterocycles. The molecule has 1 aliphatic heterocycles. The monoisotopic (exact) mass is 436 g/mol. The van der Waals surface area contributed by atoms with Gasteiger partial charge < -0.3 is 0 Å². The van der Waals surface area contributed by atoms with Crippen LogP contribution in [-0.2, 0) is 0 Å². The Morgan fingerprint density at radius 3 is 2.07 bits per heavy atom. The van der Waals surface area contributed by atoms with Gasteiger partial charge in [-0.2, -0.15) is 0 Å². The number of benzene rings is 3. The summed E-state index contributed by atoms with van der Waals surface area (Å²) in [5.74, 6) is 0. The van der Waals surface area contributed by atoms with Crippen molar-refractivity contribution < 1.29 is 0 Å². The van der Waals surface area contributed by atoms with Crippen molar-refractivity contribution in [2.24, 2.45) is 5.41 Å². The summed E-state index contributed by atoms with van der Waals surface area (Å²) in [6, 6.07) is 33.4. The van der Waals surface area contributed by atoms with Crippen LogP contribution >= 0.6 is 0 Å². The van der Waals surface area contributed by atoms with Crippen molar-refractivity contribution in [2.75, 3.05) is 5.43 Å². The second kappa shape index (κ2) is 8.53. The van der Waals surface area contributed by atoms with Gasteiger partial charge in [-0.1, -0.05) is 0 Å². The molecule has 0 unspecified atom stereocenters. The zero-order valence-corrected chi connectivity index (χ0v) is 18.3. The fourth-order valence-electron chi connectivity index (χ4n) is 4.32. The van der Waals surface area contributed by atoms with Crippen molar-refractivity contribution in [2.45, 2.75) is 37.7 Å². The standard InChI is InChI=1S/C25H28N2Se/c1-25(2)18-22(19-28-23-16-10-5-11-17-23)27(26-21-14-8-4-9-15-21)24(25)20-12-6-3-7-13-20/h3-17,22,24,26H,18-19H2,1-2H3/t22-,24-/m0/s1. The SMILES string of the molecule is CC1(C)C[C@@H](C[Se]c2ccccc2)N(Nc2ccccc2)[C@H]1c1ccccc1. The van der Waals surface area contributed by atoms with Crippen molar-refractivity contribution >= 4 is 25.1 Å². The van der Waals surface area contributed by atoms with E-state index in [1.807, 2.05) is 0 Å². The van der Waals surface area contributed by atoms with E-state index >= 15 is 0 Å². The van der Waals surface area contributed by atoms with Crippen molar-refractivity contribution in [1.29, 1.82) is 0 Å². The van der Waals surface area contributed by atoms with Gasteiger partial charge in [-0.15, -0.1) is 0 Å². The second-order valence-corrected chi connectivity index (χ2v) is 10.5. The molecule has 4 rings (SSSR count). The second-order valence-electron chi connectivity index (χ2n) is 8.17. The summed E-state index contributed by atoms with van der Waals surface area (Å²) >= 11 is 0.476. The Balaban J connectivity index is 1.62. The quantitative estimate of drug-likeness (QED) is 0.529. The molecule has 1 N–H and O–H groups in total. The summed E-state index contributed by atoms with van der Waals surface area (Å²) in [5, 5.41) is 3.75. The topological polar surface area (TPSA) is 15.3 Å². The molecule has 28 heavy (non-hydrogen) atoms. The molecule has 0 aliphatic carbocycles. The number of hydrogen-bond donors (Lipinski definition) is 1. The van der Waals surface area contributed by atoms with Crippen LogP contribution in [0.25, 0.3) is 0 Å². The zero-order chi connectivity index (χ0) is 19.4. The Bertz CT molecular complexity index is 865. The normalized spacial score (nSPS) is 21.5. The first kappa shape index (κ1) is 19.3. The van der Waals surface area contributed by atoms with Crippen LogP contribution in [0.15, 0.2) is 91.0 Å². The Morgan fingerprint density at radius 2 is 1.43 bits per heavy atom. The predicted molar refractivity (Wildman–Crippen MR) is 120 cm³/mol. The van der Waals surface area contributed by atoms with Gasteiger partial charge in [0.25, 0.3) is 0 Å². The molecule has 2 nitrogen and oxygen atoms in total. The summed E-state index contributed by atoms with van der Waals surface area (Å²) < 4.78 is 1.48. The molecule has 1 saturated heterocycles. The van der Waals surface area contributed by atoms with Gasteiger partial charge in [0.05, 0.1) is 0 Å². The van der Waals surface area contributed by atoms with E-state index in [1.165, 1.54) is 27.5 Å². The van der Waals surface area contributed by atoms with Crippen LogP contribution in [0.3, 0.4) is 0 Å². The van der Waals surface area contributed by atoms with Crippen LogP contribution in [-0.4, -0.2) is 26.0 Å². The molecule has 1 aliphatic rings. The van der Waals surface area contributed by atoms with Crippen LogP contribution in [0, 0.1) is 5.41 Å². The van der Waals surface area contributed by atoms with E-state index in [9.17, 15) is 0 Å². The first-order valence-corrected chi connectivity index (χ1v) is 12.0. The summed E-state index contributed by atoms with van der Waals surface area (Å²) in [6.07, 6.45) is 1.20. The van der Waals surface area contributed by atoms with Crippen LogP contribution in [0.2, 0.25) is 5.32 Å². The molecule has 1 fully saturated rings. The molecule has 144 valence electrons. The van der Waals surface area contributed by atoms with Gasteiger partial charge in [0.1, 0.15) is 0 Å². The average molecular weight is 435 g/mol. The Labute approximate surface area is 175 Å². The zero-order valence-electron chi connectivity index (χ0n) is 16.6. The van der Waals surface area contributed by atoms with Gasteiger partial charge in [-0.05, 0) is 0 Å². The van der Waals surface area contributed by atoms with E-state index in [0.717, 1.165) is 0 Å². The summed E-state index contributed by atoms with van der Waals surface area (Å²) in [4.78, 5) is 0. The average Bonchev–Trinajstić information content (AvgIpc) is 2.98. The summed E-state index contributed by atoms with van der Waals surface area (Å²) in [5.41, 5.74) is 6.54. The molecule has 0 bridgehead atoms. The summed E-state index contributed by atoms with van der Waals surface area (Å²) in [7, 11) is 0. The third kappa shape index (κ3) is 4.33. The molecular formula is C25H28N2Se. The number of anilines is 1. The molecular weight excluding hydrogens is 407 g/mol. The molecule has 2 atom stereocenters. The van der Waals surface area contributed by atoms with Crippen LogP contribution in [0.1, 0.15) is 31.9 Å². The van der Waals surface area contributed by atoms with E-state index in [0.29, 0.717) is 27.0 Å². The first-order valence-electron chi connectivity index (χ1n) is 9.96. The molecule has 3 heteroatoms. The van der Waals surface area contributed by atoms with Crippen LogP contribution in [0.5, 0.6) is 0 Å². The number of hydrogen-bond acceptors (Lipinski definition) is 2. The van der Waals surface area contributed by atoms with Crippen molar-refractivity contribution in [1.82, 2.24) is 5.01 Å². The fraction of sp³-hybridized carbons (Fsp3) is 0.280. The number of para-hydroxylation sites is 1. The Kier molecular flexibility index (Phi) is 5.87. The van der Waals surface area contributed by atoms with Crippen LogP contribution in [0.4, 0.5) is 5.69 Å². The molecule has 0 radical (unpaired) electrons. The van der Waals surface area contributed by atoms with Gasteiger partial charge in [-0.3, -0.25) is 0 Å². The number of nitrogens with one attached hydrogen (secondary N) is 1. The van der Waals surface area contributed by atoms with Crippen molar-refractivity contribution in [3.05, 3.63) is 96.6 Å². The predicted octanol–water partition coefficient (Wildman–Crippen LogP) is 5.30. The number of rotatable bonds is 6. The number of nitrogens with zero attached hydrogens (tertiary/aromatic N) is 1. The third-order valence-corrected chi connectivity index (χ3v) is 7.93. The van der Waals surface area contributed by atoms with E-state index in [4.69, 9.17) is 0 Å². The van der Waals surface area contributed by atoms with Crippen LogP contribution < -0.4 is 9.89 Å². The molecule has 0 spiro atoms. The van der Waals surface area contributed by atoms with E-state index in [2.05, 4.69) is 115 Å². The van der Waals surface area contributed by atoms with Gasteiger partial charge in [0, 0.05) is 0 Å². The minimum absolute atomic E-state index is 0.209. The maximum absolute atomic E-state index is 3.77. The molecule has 0 amide bonds. The fourth-order valence-corrected chi connectivity index (χ4v) is 6.44. The third-order valence-electron chi connectivity index (χ3n) is 5.51. The Hall–Kier alpha value is -2.06. The van der Waals surface area contributed by atoms with Crippen molar-refractivity contribution in [3.63, 3.8) is 0 Å². The van der Waals surface area contributed by atoms with Gasteiger partial charge in [-0.25, -0.2) is 0 Å². The van der Waals surface area contributed by atoms with E-state index in [1.54, 1.807) is 0 Å². The molecule has 3 aromatic rings. The van der Waals surface area contributed by atoms with Gasteiger partial charge in [0.2, 0.25) is 0 Å². The Morgan fingerprint density at radius 1 is 0.857 bits per heavy atom. The molecule has 0 saturated carbocycles. The van der Waals surface area contributed by atoms with Gasteiger partial charge >= 0.3 is 175 Å². The van der Waals surface area contributed by atoms with E-state index in [-0.39, 0.29) is 5.41 Å². The molecule has 3 aromatic carbocycles. The van der Waals surface area contributed by atoms with Crippen molar-refractivity contribution in [3.8, 4) is 0 Å². The summed E-state index contributed by atoms with van der Waals surface area (Å²) in [6.45, 7) is 4.83.